The van der Waals surface area contributed by atoms with E-state index >= 15 is 0 Å². The third-order valence-electron chi connectivity index (χ3n) is 4.34. The molecule has 0 N–H and O–H groups in total. The smallest absolute Gasteiger partial charge is 0.137 e. The van der Waals surface area contributed by atoms with Crippen molar-refractivity contribution in [3.63, 3.8) is 0 Å². The first-order chi connectivity index (χ1) is 9.28. The Kier molecular flexibility index (Phi) is 3.71. The highest BCUT2D eigenvalue weighted by molar-refractivity contribution is 5.16. The normalized spacial score (nSPS) is 31.7. The summed E-state index contributed by atoms with van der Waals surface area (Å²) in [5.41, 5.74) is 0.154. The summed E-state index contributed by atoms with van der Waals surface area (Å²) in [5, 5.41) is 0. The zero-order valence-corrected chi connectivity index (χ0v) is 11.5. The molecule has 0 radical (unpaired) electrons. The van der Waals surface area contributed by atoms with E-state index in [-0.39, 0.29) is 5.41 Å². The monoisotopic (exact) mass is 262 g/mol. The average molecular weight is 262 g/mol. The van der Waals surface area contributed by atoms with E-state index in [2.05, 4.69) is 16.9 Å². The van der Waals surface area contributed by atoms with Gasteiger partial charge in [-0.2, -0.15) is 0 Å². The molecule has 2 fully saturated rings. The van der Waals surface area contributed by atoms with Crippen molar-refractivity contribution >= 4 is 0 Å². The summed E-state index contributed by atoms with van der Waals surface area (Å²) in [6, 6.07) is 3.88. The molecule has 19 heavy (non-hydrogen) atoms. The highest BCUT2D eigenvalue weighted by Crippen LogP contribution is 2.40. The largest absolute Gasteiger partial charge is 0.491 e. The van der Waals surface area contributed by atoms with Gasteiger partial charge in [0.25, 0.3) is 0 Å². The molecular formula is C15H22N2O2. The highest BCUT2D eigenvalue weighted by atomic mass is 16.5. The van der Waals surface area contributed by atoms with Crippen molar-refractivity contribution in [3.8, 4) is 5.75 Å². The Morgan fingerprint density at radius 3 is 3.37 bits per heavy atom. The van der Waals surface area contributed by atoms with Crippen molar-refractivity contribution in [3.05, 3.63) is 24.5 Å². The third-order valence-corrected chi connectivity index (χ3v) is 4.34. The van der Waals surface area contributed by atoms with E-state index < -0.39 is 0 Å². The van der Waals surface area contributed by atoms with Gasteiger partial charge in [0, 0.05) is 31.3 Å². The Bertz CT molecular complexity index is 412. The molecule has 3 rings (SSSR count). The SMILES string of the molecule is CN1CC[C@@H]2OCCC[C@@]2(COc2cccnc2)C1. The van der Waals surface area contributed by atoms with Gasteiger partial charge in [-0.3, -0.25) is 4.98 Å². The van der Waals surface area contributed by atoms with E-state index in [1.165, 1.54) is 6.42 Å². The van der Waals surface area contributed by atoms with Crippen LogP contribution in [0.3, 0.4) is 0 Å². The minimum absolute atomic E-state index is 0.154. The fraction of sp³-hybridized carbons (Fsp3) is 0.667. The zero-order chi connectivity index (χ0) is 13.1. The molecular weight excluding hydrogens is 240 g/mol. The van der Waals surface area contributed by atoms with Gasteiger partial charge >= 0.3 is 0 Å². The maximum atomic E-state index is 6.00. The maximum absolute atomic E-state index is 6.00. The molecule has 0 aromatic carbocycles. The molecule has 0 amide bonds. The van der Waals surface area contributed by atoms with Crippen molar-refractivity contribution < 1.29 is 9.47 Å². The molecule has 0 bridgehead atoms. The first-order valence-corrected chi connectivity index (χ1v) is 7.11. The van der Waals surface area contributed by atoms with E-state index in [0.29, 0.717) is 6.10 Å². The van der Waals surface area contributed by atoms with E-state index in [4.69, 9.17) is 9.47 Å². The van der Waals surface area contributed by atoms with E-state index in [9.17, 15) is 0 Å². The number of aromatic nitrogens is 1. The molecule has 4 heteroatoms. The lowest BCUT2D eigenvalue weighted by Crippen LogP contribution is -2.56. The topological polar surface area (TPSA) is 34.6 Å². The van der Waals surface area contributed by atoms with Crippen molar-refractivity contribution in [2.45, 2.75) is 25.4 Å². The molecule has 0 saturated carbocycles. The predicted octanol–water partition coefficient (Wildman–Crippen LogP) is 1.96. The fourth-order valence-corrected chi connectivity index (χ4v) is 3.38. The number of fused-ring (bicyclic) bond motifs is 1. The molecule has 2 aliphatic rings. The van der Waals surface area contributed by atoms with Crippen molar-refractivity contribution in [1.82, 2.24) is 9.88 Å². The molecule has 0 aliphatic carbocycles. The molecule has 0 unspecified atom stereocenters. The van der Waals surface area contributed by atoms with Crippen LogP contribution in [0.1, 0.15) is 19.3 Å². The summed E-state index contributed by atoms with van der Waals surface area (Å²) < 4.78 is 12.0. The van der Waals surface area contributed by atoms with Gasteiger partial charge in [-0.1, -0.05) is 0 Å². The number of hydrogen-bond acceptors (Lipinski definition) is 4. The molecule has 3 heterocycles. The number of hydrogen-bond donors (Lipinski definition) is 0. The summed E-state index contributed by atoms with van der Waals surface area (Å²) >= 11 is 0. The van der Waals surface area contributed by atoms with Crippen LogP contribution in [0.2, 0.25) is 0 Å². The third kappa shape index (κ3) is 2.74. The summed E-state index contributed by atoms with van der Waals surface area (Å²) in [6.07, 6.45) is 7.36. The van der Waals surface area contributed by atoms with Crippen molar-refractivity contribution in [2.24, 2.45) is 5.41 Å². The van der Waals surface area contributed by atoms with E-state index in [1.54, 1.807) is 12.4 Å². The zero-order valence-electron chi connectivity index (χ0n) is 11.5. The van der Waals surface area contributed by atoms with Gasteiger partial charge in [0.2, 0.25) is 0 Å². The second-order valence-electron chi connectivity index (χ2n) is 5.83. The molecule has 2 atom stereocenters. The van der Waals surface area contributed by atoms with E-state index in [0.717, 1.165) is 44.9 Å². The van der Waals surface area contributed by atoms with Gasteiger partial charge in [0.05, 0.1) is 18.9 Å². The Labute approximate surface area is 114 Å². The minimum atomic E-state index is 0.154. The fourth-order valence-electron chi connectivity index (χ4n) is 3.38. The van der Waals surface area contributed by atoms with Crippen LogP contribution >= 0.6 is 0 Å². The molecule has 2 saturated heterocycles. The van der Waals surface area contributed by atoms with Crippen LogP contribution in [0.5, 0.6) is 5.75 Å². The summed E-state index contributed by atoms with van der Waals surface area (Å²) in [4.78, 5) is 6.50. The first-order valence-electron chi connectivity index (χ1n) is 7.11. The lowest BCUT2D eigenvalue weighted by molar-refractivity contribution is -0.136. The molecule has 2 aliphatic heterocycles. The molecule has 1 aromatic heterocycles. The number of pyridine rings is 1. The molecule has 4 nitrogen and oxygen atoms in total. The molecule has 104 valence electrons. The minimum Gasteiger partial charge on any atom is -0.491 e. The second kappa shape index (κ2) is 5.47. The first kappa shape index (κ1) is 12.9. The van der Waals surface area contributed by atoms with Crippen LogP contribution in [0.25, 0.3) is 0 Å². The summed E-state index contributed by atoms with van der Waals surface area (Å²) in [7, 11) is 2.19. The van der Waals surface area contributed by atoms with Crippen LogP contribution in [0, 0.1) is 5.41 Å². The van der Waals surface area contributed by atoms with Crippen molar-refractivity contribution in [2.75, 3.05) is 33.4 Å². The lowest BCUT2D eigenvalue weighted by atomic mass is 9.73. The quantitative estimate of drug-likeness (QED) is 0.834. The van der Waals surface area contributed by atoms with Gasteiger partial charge in [0.15, 0.2) is 0 Å². The van der Waals surface area contributed by atoms with Gasteiger partial charge in [-0.15, -0.1) is 0 Å². The van der Waals surface area contributed by atoms with Crippen LogP contribution in [-0.4, -0.2) is 49.3 Å². The summed E-state index contributed by atoms with van der Waals surface area (Å²) in [6.45, 7) is 3.83. The highest BCUT2D eigenvalue weighted by Gasteiger charge is 2.45. The molecule has 0 spiro atoms. The van der Waals surface area contributed by atoms with Gasteiger partial charge in [-0.25, -0.2) is 0 Å². The van der Waals surface area contributed by atoms with Crippen LogP contribution in [0.15, 0.2) is 24.5 Å². The Hall–Kier alpha value is -1.13. The van der Waals surface area contributed by atoms with E-state index in [1.807, 2.05) is 12.1 Å². The number of likely N-dealkylation sites (tertiary alicyclic amines) is 1. The van der Waals surface area contributed by atoms with Crippen LogP contribution < -0.4 is 4.74 Å². The lowest BCUT2D eigenvalue weighted by Gasteiger charge is -2.49. The Balaban J connectivity index is 1.71. The van der Waals surface area contributed by atoms with Gasteiger partial charge < -0.3 is 14.4 Å². The number of ether oxygens (including phenoxy) is 2. The summed E-state index contributed by atoms with van der Waals surface area (Å²) in [5.74, 6) is 0.856. The number of rotatable bonds is 3. The van der Waals surface area contributed by atoms with Gasteiger partial charge in [-0.05, 0) is 38.4 Å². The van der Waals surface area contributed by atoms with Crippen LogP contribution in [-0.2, 0) is 4.74 Å². The molecule has 1 aromatic rings. The predicted molar refractivity (Wildman–Crippen MR) is 73.3 cm³/mol. The Morgan fingerprint density at radius 1 is 1.58 bits per heavy atom. The number of nitrogens with zero attached hydrogens (tertiary/aromatic N) is 2. The second-order valence-corrected chi connectivity index (χ2v) is 5.83. The average Bonchev–Trinajstić information content (AvgIpc) is 2.46. The maximum Gasteiger partial charge on any atom is 0.137 e. The Morgan fingerprint density at radius 2 is 2.53 bits per heavy atom. The van der Waals surface area contributed by atoms with Crippen LogP contribution in [0.4, 0.5) is 0 Å². The van der Waals surface area contributed by atoms with Gasteiger partial charge in [0.1, 0.15) is 5.75 Å². The van der Waals surface area contributed by atoms with Crippen molar-refractivity contribution in [1.29, 1.82) is 0 Å². The standard InChI is InChI=1S/C15H22N2O2/c1-17-8-5-14-15(11-17,6-3-9-18-14)12-19-13-4-2-7-16-10-13/h2,4,7,10,14H,3,5-6,8-9,11-12H2,1H3/t14-,15-/m0/s1. The number of piperidine rings is 1.